The van der Waals surface area contributed by atoms with Gasteiger partial charge in [-0.05, 0) is 43.9 Å². The van der Waals surface area contributed by atoms with Crippen LogP contribution in [0.15, 0.2) is 24.3 Å². The quantitative estimate of drug-likeness (QED) is 0.866. The zero-order valence-electron chi connectivity index (χ0n) is 11.3. The first kappa shape index (κ1) is 14.4. The van der Waals surface area contributed by atoms with Crippen LogP contribution in [0.4, 0.5) is 13.2 Å². The molecule has 2 unspecified atom stereocenters. The summed E-state index contributed by atoms with van der Waals surface area (Å²) in [6.45, 7) is 0. The third-order valence-corrected chi connectivity index (χ3v) is 4.38. The third-order valence-electron chi connectivity index (χ3n) is 4.38. The van der Waals surface area contributed by atoms with Gasteiger partial charge in [-0.1, -0.05) is 6.07 Å². The molecule has 0 aromatic heterocycles. The van der Waals surface area contributed by atoms with Crippen molar-refractivity contribution in [3.05, 3.63) is 35.4 Å². The molecule has 2 aliphatic rings. The summed E-state index contributed by atoms with van der Waals surface area (Å²) in [5, 5.41) is 9.72. The average molecular weight is 299 g/mol. The number of nitrogens with zero attached hydrogens (tertiary/aromatic N) is 1. The molecule has 1 N–H and O–H groups in total. The van der Waals surface area contributed by atoms with Crippen LogP contribution in [0.5, 0.6) is 0 Å². The van der Waals surface area contributed by atoms with Crippen molar-refractivity contribution in [3.8, 4) is 0 Å². The van der Waals surface area contributed by atoms with Crippen LogP contribution in [0, 0.1) is 0 Å². The number of aliphatic hydroxyl groups excluding tert-OH is 1. The van der Waals surface area contributed by atoms with Gasteiger partial charge in [0.1, 0.15) is 0 Å². The number of hydrogen-bond donors (Lipinski definition) is 1. The fourth-order valence-electron chi connectivity index (χ4n) is 3.46. The predicted octanol–water partition coefficient (Wildman–Crippen LogP) is 2.83. The number of rotatable bonds is 1. The molecule has 0 aliphatic carbocycles. The van der Waals surface area contributed by atoms with E-state index in [1.165, 1.54) is 12.1 Å². The van der Waals surface area contributed by atoms with Crippen molar-refractivity contribution in [1.82, 2.24) is 4.90 Å². The SMILES string of the molecule is O=C(c1cccc(C(F)(F)F)c1)N1C2CCC1CC(O)C2. The van der Waals surface area contributed by atoms with Gasteiger partial charge in [-0.15, -0.1) is 0 Å². The van der Waals surface area contributed by atoms with Gasteiger partial charge < -0.3 is 10.0 Å². The lowest BCUT2D eigenvalue weighted by Crippen LogP contribution is -2.48. The van der Waals surface area contributed by atoms with Crippen LogP contribution in [0.25, 0.3) is 0 Å². The Bertz CT molecular complexity index is 544. The van der Waals surface area contributed by atoms with Crippen LogP contribution in [0.1, 0.15) is 41.6 Å². The van der Waals surface area contributed by atoms with E-state index >= 15 is 0 Å². The molecule has 1 amide bonds. The highest BCUT2D eigenvalue weighted by molar-refractivity contribution is 5.95. The molecule has 2 atom stereocenters. The van der Waals surface area contributed by atoms with Gasteiger partial charge in [0.2, 0.25) is 0 Å². The molecule has 0 radical (unpaired) electrons. The molecule has 6 heteroatoms. The number of hydrogen-bond acceptors (Lipinski definition) is 2. The van der Waals surface area contributed by atoms with Crippen LogP contribution in [0.2, 0.25) is 0 Å². The number of carbonyl (C=O) groups is 1. The van der Waals surface area contributed by atoms with E-state index in [1.54, 1.807) is 4.90 Å². The molecule has 3 rings (SSSR count). The molecule has 2 fully saturated rings. The summed E-state index contributed by atoms with van der Waals surface area (Å²) >= 11 is 0. The normalized spacial score (nSPS) is 28.8. The fraction of sp³-hybridized carbons (Fsp3) is 0.533. The Morgan fingerprint density at radius 2 is 1.81 bits per heavy atom. The Kier molecular flexibility index (Phi) is 3.43. The molecular weight excluding hydrogens is 283 g/mol. The van der Waals surface area contributed by atoms with Crippen molar-refractivity contribution in [2.45, 2.75) is 50.0 Å². The Labute approximate surface area is 120 Å². The van der Waals surface area contributed by atoms with Crippen LogP contribution < -0.4 is 0 Å². The Hall–Kier alpha value is -1.56. The highest BCUT2D eigenvalue weighted by Crippen LogP contribution is 2.37. The standard InChI is InChI=1S/C15H16F3NO2/c16-15(17,18)10-3-1-2-9(6-10)14(21)19-11-4-5-12(19)8-13(20)7-11/h1-3,6,11-13,20H,4-5,7-8H2. The molecule has 0 saturated carbocycles. The fourth-order valence-corrected chi connectivity index (χ4v) is 3.46. The molecule has 114 valence electrons. The summed E-state index contributed by atoms with van der Waals surface area (Å²) in [7, 11) is 0. The highest BCUT2D eigenvalue weighted by Gasteiger charge is 2.43. The summed E-state index contributed by atoms with van der Waals surface area (Å²) in [5.74, 6) is -0.361. The van der Waals surface area contributed by atoms with E-state index in [9.17, 15) is 23.1 Å². The van der Waals surface area contributed by atoms with E-state index in [4.69, 9.17) is 0 Å². The first-order chi connectivity index (χ1) is 9.86. The minimum atomic E-state index is -4.45. The van der Waals surface area contributed by atoms with Gasteiger partial charge in [0.15, 0.2) is 0 Å². The smallest absolute Gasteiger partial charge is 0.393 e. The molecule has 2 heterocycles. The Morgan fingerprint density at radius 3 is 2.38 bits per heavy atom. The summed E-state index contributed by atoms with van der Waals surface area (Å²) in [6, 6.07) is 4.44. The lowest BCUT2D eigenvalue weighted by Gasteiger charge is -2.37. The molecule has 2 aliphatic heterocycles. The van der Waals surface area contributed by atoms with Crippen molar-refractivity contribution in [1.29, 1.82) is 0 Å². The Balaban J connectivity index is 1.86. The molecule has 0 spiro atoms. The average Bonchev–Trinajstić information content (AvgIpc) is 2.69. The minimum absolute atomic E-state index is 0.0548. The topological polar surface area (TPSA) is 40.5 Å². The Morgan fingerprint density at radius 1 is 1.19 bits per heavy atom. The number of benzene rings is 1. The van der Waals surface area contributed by atoms with Gasteiger partial charge in [0.25, 0.3) is 5.91 Å². The van der Waals surface area contributed by atoms with Gasteiger partial charge in [0.05, 0.1) is 11.7 Å². The molecule has 1 aromatic carbocycles. The van der Waals surface area contributed by atoms with E-state index in [1.807, 2.05) is 0 Å². The van der Waals surface area contributed by atoms with Crippen molar-refractivity contribution in [2.75, 3.05) is 0 Å². The predicted molar refractivity (Wildman–Crippen MR) is 69.7 cm³/mol. The van der Waals surface area contributed by atoms with Gasteiger partial charge in [0, 0.05) is 17.6 Å². The zero-order valence-corrected chi connectivity index (χ0v) is 11.3. The number of halogens is 3. The third kappa shape index (κ3) is 2.64. The summed E-state index contributed by atoms with van der Waals surface area (Å²) in [5.41, 5.74) is -0.740. The van der Waals surface area contributed by atoms with E-state index < -0.39 is 17.8 Å². The molecule has 21 heavy (non-hydrogen) atoms. The van der Waals surface area contributed by atoms with Crippen LogP contribution >= 0.6 is 0 Å². The van der Waals surface area contributed by atoms with Gasteiger partial charge in [-0.2, -0.15) is 13.2 Å². The number of aliphatic hydroxyl groups is 1. The van der Waals surface area contributed by atoms with E-state index in [0.717, 1.165) is 25.0 Å². The highest BCUT2D eigenvalue weighted by atomic mass is 19.4. The monoisotopic (exact) mass is 299 g/mol. The maximum Gasteiger partial charge on any atom is 0.416 e. The van der Waals surface area contributed by atoms with Crippen LogP contribution in [-0.4, -0.2) is 34.1 Å². The number of piperidine rings is 1. The van der Waals surface area contributed by atoms with Gasteiger partial charge >= 0.3 is 6.18 Å². The van der Waals surface area contributed by atoms with E-state index in [-0.39, 0.29) is 23.6 Å². The number of amides is 1. The largest absolute Gasteiger partial charge is 0.416 e. The van der Waals surface area contributed by atoms with Crippen LogP contribution in [0.3, 0.4) is 0 Å². The number of alkyl halides is 3. The van der Waals surface area contributed by atoms with Crippen molar-refractivity contribution < 1.29 is 23.1 Å². The first-order valence-corrected chi connectivity index (χ1v) is 7.04. The summed E-state index contributed by atoms with van der Waals surface area (Å²) in [6.07, 6.45) is -2.21. The lowest BCUT2D eigenvalue weighted by atomic mass is 9.98. The van der Waals surface area contributed by atoms with Crippen molar-refractivity contribution >= 4 is 5.91 Å². The van der Waals surface area contributed by atoms with E-state index in [2.05, 4.69) is 0 Å². The zero-order chi connectivity index (χ0) is 15.2. The van der Waals surface area contributed by atoms with Gasteiger partial charge in [-0.25, -0.2) is 0 Å². The second kappa shape index (κ2) is 5.02. The molecular formula is C15H16F3NO2. The second-order valence-electron chi connectivity index (χ2n) is 5.80. The van der Waals surface area contributed by atoms with Crippen LogP contribution in [-0.2, 0) is 6.18 Å². The minimum Gasteiger partial charge on any atom is -0.393 e. The number of carbonyl (C=O) groups excluding carboxylic acids is 1. The molecule has 3 nitrogen and oxygen atoms in total. The second-order valence-corrected chi connectivity index (χ2v) is 5.80. The molecule has 2 bridgehead atoms. The maximum atomic E-state index is 12.7. The molecule has 1 aromatic rings. The van der Waals surface area contributed by atoms with Gasteiger partial charge in [-0.3, -0.25) is 4.79 Å². The van der Waals surface area contributed by atoms with Crippen molar-refractivity contribution in [2.24, 2.45) is 0 Å². The molecule has 2 saturated heterocycles. The summed E-state index contributed by atoms with van der Waals surface area (Å²) in [4.78, 5) is 14.2. The van der Waals surface area contributed by atoms with E-state index in [0.29, 0.717) is 12.8 Å². The first-order valence-electron chi connectivity index (χ1n) is 7.04. The maximum absolute atomic E-state index is 12.7. The number of fused-ring (bicyclic) bond motifs is 2. The lowest BCUT2D eigenvalue weighted by molar-refractivity contribution is -0.137. The summed E-state index contributed by atoms with van der Waals surface area (Å²) < 4.78 is 38.2. The van der Waals surface area contributed by atoms with Crippen molar-refractivity contribution in [3.63, 3.8) is 0 Å².